The van der Waals surface area contributed by atoms with Gasteiger partial charge in [-0.1, -0.05) is 29.8 Å². The number of benzene rings is 2. The van der Waals surface area contributed by atoms with Crippen molar-refractivity contribution in [3.05, 3.63) is 64.8 Å². The van der Waals surface area contributed by atoms with Gasteiger partial charge in [-0.15, -0.1) is 5.10 Å². The van der Waals surface area contributed by atoms with Crippen molar-refractivity contribution >= 4 is 29.1 Å². The normalized spacial score (nSPS) is 10.4. The number of methoxy groups -OCH3 is 1. The second-order valence-electron chi connectivity index (χ2n) is 5.46. The van der Waals surface area contributed by atoms with Crippen LogP contribution < -0.4 is 15.4 Å². The van der Waals surface area contributed by atoms with Crippen molar-refractivity contribution in [3.8, 4) is 5.75 Å². The summed E-state index contributed by atoms with van der Waals surface area (Å²) in [5, 5.41) is 15.0. The Balaban J connectivity index is 1.65. The molecular formula is C18H18ClN5O. The number of halogens is 1. The lowest BCUT2D eigenvalue weighted by Gasteiger charge is -2.09. The van der Waals surface area contributed by atoms with Crippen molar-refractivity contribution < 1.29 is 4.74 Å². The molecule has 0 spiro atoms. The van der Waals surface area contributed by atoms with E-state index in [0.717, 1.165) is 22.6 Å². The fourth-order valence-electron chi connectivity index (χ4n) is 2.18. The third-order valence-electron chi connectivity index (χ3n) is 3.62. The van der Waals surface area contributed by atoms with Crippen LogP contribution in [-0.2, 0) is 6.54 Å². The molecule has 0 aliphatic carbocycles. The Morgan fingerprint density at radius 2 is 1.92 bits per heavy atom. The van der Waals surface area contributed by atoms with Gasteiger partial charge in [-0.05, 0) is 42.3 Å². The average Bonchev–Trinajstić information content (AvgIpc) is 2.64. The molecule has 3 rings (SSSR count). The molecule has 3 aromatic rings. The number of nitrogens with zero attached hydrogens (tertiary/aromatic N) is 3. The van der Waals surface area contributed by atoms with Crippen LogP contribution in [0.4, 0.5) is 17.5 Å². The van der Waals surface area contributed by atoms with Crippen molar-refractivity contribution in [2.75, 3.05) is 17.7 Å². The van der Waals surface area contributed by atoms with E-state index >= 15 is 0 Å². The predicted molar refractivity (Wildman–Crippen MR) is 99.6 cm³/mol. The van der Waals surface area contributed by atoms with Crippen LogP contribution in [0.3, 0.4) is 0 Å². The molecule has 1 aromatic heterocycles. The average molecular weight is 356 g/mol. The minimum atomic E-state index is 0.402. The summed E-state index contributed by atoms with van der Waals surface area (Å²) in [6.45, 7) is 2.58. The van der Waals surface area contributed by atoms with Gasteiger partial charge in [0.25, 0.3) is 0 Å². The molecule has 25 heavy (non-hydrogen) atoms. The van der Waals surface area contributed by atoms with E-state index in [9.17, 15) is 0 Å². The van der Waals surface area contributed by atoms with E-state index in [-0.39, 0.29) is 0 Å². The lowest BCUT2D eigenvalue weighted by atomic mass is 10.2. The molecule has 128 valence electrons. The van der Waals surface area contributed by atoms with Crippen LogP contribution in [-0.4, -0.2) is 22.3 Å². The van der Waals surface area contributed by atoms with Crippen LogP contribution >= 0.6 is 11.6 Å². The molecule has 0 atom stereocenters. The zero-order chi connectivity index (χ0) is 17.6. The second-order valence-corrected chi connectivity index (χ2v) is 5.86. The Labute approximate surface area is 151 Å². The summed E-state index contributed by atoms with van der Waals surface area (Å²) in [5.74, 6) is 1.86. The summed E-state index contributed by atoms with van der Waals surface area (Å²) < 4.78 is 5.15. The van der Waals surface area contributed by atoms with Crippen molar-refractivity contribution in [1.82, 2.24) is 15.2 Å². The van der Waals surface area contributed by atoms with Crippen LogP contribution in [0.1, 0.15) is 11.1 Å². The Morgan fingerprint density at radius 1 is 1.12 bits per heavy atom. The van der Waals surface area contributed by atoms with Gasteiger partial charge < -0.3 is 15.4 Å². The maximum absolute atomic E-state index is 6.13. The lowest BCUT2D eigenvalue weighted by molar-refractivity contribution is 0.414. The molecule has 6 nitrogen and oxygen atoms in total. The number of ether oxygens (including phenoxy) is 1. The SMILES string of the molecule is COc1ccc(CNc2cnnc(Nc3ccc(C)c(Cl)c3)n2)cc1. The smallest absolute Gasteiger partial charge is 0.249 e. The summed E-state index contributed by atoms with van der Waals surface area (Å²) in [6.07, 6.45) is 1.58. The maximum atomic E-state index is 6.13. The molecule has 0 amide bonds. The van der Waals surface area contributed by atoms with Crippen LogP contribution in [0.15, 0.2) is 48.7 Å². The van der Waals surface area contributed by atoms with E-state index in [2.05, 4.69) is 25.8 Å². The standard InChI is InChI=1S/C18H18ClN5O/c1-12-3-6-14(9-16(12)19)22-18-23-17(11-21-24-18)20-10-13-4-7-15(25-2)8-5-13/h3-9,11H,10H2,1-2H3,(H2,20,22,23,24). The van der Waals surface area contributed by atoms with Gasteiger partial charge in [0.2, 0.25) is 5.95 Å². The zero-order valence-electron chi connectivity index (χ0n) is 14.0. The van der Waals surface area contributed by atoms with Crippen molar-refractivity contribution in [1.29, 1.82) is 0 Å². The first-order chi connectivity index (χ1) is 12.1. The molecule has 2 aromatic carbocycles. The maximum Gasteiger partial charge on any atom is 0.249 e. The van der Waals surface area contributed by atoms with Crippen LogP contribution in [0, 0.1) is 6.92 Å². The third kappa shape index (κ3) is 4.58. The summed E-state index contributed by atoms with van der Waals surface area (Å²) in [5.41, 5.74) is 2.94. The van der Waals surface area contributed by atoms with Gasteiger partial charge in [-0.2, -0.15) is 10.1 Å². The molecular weight excluding hydrogens is 338 g/mol. The van der Waals surface area contributed by atoms with Gasteiger partial charge in [-0.3, -0.25) is 0 Å². The molecule has 0 fully saturated rings. The number of hydrogen-bond acceptors (Lipinski definition) is 6. The number of anilines is 3. The van der Waals surface area contributed by atoms with Gasteiger partial charge in [0.1, 0.15) is 5.75 Å². The zero-order valence-corrected chi connectivity index (χ0v) is 14.7. The molecule has 0 saturated carbocycles. The lowest BCUT2D eigenvalue weighted by Crippen LogP contribution is -2.05. The highest BCUT2D eigenvalue weighted by atomic mass is 35.5. The highest BCUT2D eigenvalue weighted by Crippen LogP contribution is 2.22. The Bertz CT molecular complexity index is 854. The van der Waals surface area contributed by atoms with Crippen molar-refractivity contribution in [2.24, 2.45) is 0 Å². The van der Waals surface area contributed by atoms with E-state index in [1.54, 1.807) is 13.3 Å². The molecule has 0 unspecified atom stereocenters. The van der Waals surface area contributed by atoms with E-state index < -0.39 is 0 Å². The summed E-state index contributed by atoms with van der Waals surface area (Å²) in [6, 6.07) is 13.5. The largest absolute Gasteiger partial charge is 0.497 e. The topological polar surface area (TPSA) is 72.0 Å². The first kappa shape index (κ1) is 17.0. The molecule has 0 aliphatic heterocycles. The van der Waals surface area contributed by atoms with Crippen molar-refractivity contribution in [3.63, 3.8) is 0 Å². The monoisotopic (exact) mass is 355 g/mol. The molecule has 1 heterocycles. The van der Waals surface area contributed by atoms with Gasteiger partial charge in [0, 0.05) is 17.3 Å². The first-order valence-electron chi connectivity index (χ1n) is 7.74. The number of aromatic nitrogens is 3. The predicted octanol–water partition coefficient (Wildman–Crippen LogP) is 4.20. The number of nitrogens with one attached hydrogen (secondary N) is 2. The first-order valence-corrected chi connectivity index (χ1v) is 8.11. The Kier molecular flexibility index (Phi) is 5.30. The summed E-state index contributed by atoms with van der Waals surface area (Å²) in [4.78, 5) is 4.41. The van der Waals surface area contributed by atoms with E-state index in [4.69, 9.17) is 16.3 Å². The van der Waals surface area contributed by atoms with E-state index in [1.165, 1.54) is 0 Å². The fraction of sp³-hybridized carbons (Fsp3) is 0.167. The highest BCUT2D eigenvalue weighted by Gasteiger charge is 2.03. The minimum Gasteiger partial charge on any atom is -0.497 e. The van der Waals surface area contributed by atoms with Gasteiger partial charge in [0.15, 0.2) is 5.82 Å². The fourth-order valence-corrected chi connectivity index (χ4v) is 2.36. The van der Waals surface area contributed by atoms with Gasteiger partial charge >= 0.3 is 0 Å². The number of hydrogen-bond donors (Lipinski definition) is 2. The molecule has 0 radical (unpaired) electrons. The highest BCUT2D eigenvalue weighted by molar-refractivity contribution is 6.31. The van der Waals surface area contributed by atoms with E-state index in [0.29, 0.717) is 23.3 Å². The third-order valence-corrected chi connectivity index (χ3v) is 4.03. The van der Waals surface area contributed by atoms with Gasteiger partial charge in [-0.25, -0.2) is 0 Å². The van der Waals surface area contributed by atoms with Crippen LogP contribution in [0.5, 0.6) is 5.75 Å². The van der Waals surface area contributed by atoms with Crippen LogP contribution in [0.2, 0.25) is 5.02 Å². The molecule has 0 aliphatic rings. The van der Waals surface area contributed by atoms with Crippen LogP contribution in [0.25, 0.3) is 0 Å². The number of aryl methyl sites for hydroxylation is 1. The van der Waals surface area contributed by atoms with Gasteiger partial charge in [0.05, 0.1) is 13.3 Å². The summed E-state index contributed by atoms with van der Waals surface area (Å²) >= 11 is 6.13. The Hall–Kier alpha value is -2.86. The molecule has 0 saturated heterocycles. The number of rotatable bonds is 6. The quantitative estimate of drug-likeness (QED) is 0.690. The second kappa shape index (κ2) is 7.81. The minimum absolute atomic E-state index is 0.402. The van der Waals surface area contributed by atoms with E-state index in [1.807, 2.05) is 49.4 Å². The van der Waals surface area contributed by atoms with Crippen molar-refractivity contribution in [2.45, 2.75) is 13.5 Å². The molecule has 2 N–H and O–H groups in total. The molecule has 7 heteroatoms. The molecule has 0 bridgehead atoms. The summed E-state index contributed by atoms with van der Waals surface area (Å²) in [7, 11) is 1.65. The Morgan fingerprint density at radius 3 is 2.64 bits per heavy atom.